The number of nitrogens with zero attached hydrogens (tertiary/aromatic N) is 1. The molecular formula is C15H17NO3. The monoisotopic (exact) mass is 259 g/mol. The molecule has 0 aliphatic carbocycles. The first-order chi connectivity index (χ1) is 8.97. The Kier molecular flexibility index (Phi) is 3.60. The molecule has 1 amide bonds. The number of amides is 1. The first-order valence-electron chi connectivity index (χ1n) is 6.08. The molecule has 0 aliphatic heterocycles. The average molecular weight is 259 g/mol. The van der Waals surface area contributed by atoms with Gasteiger partial charge in [0.05, 0.1) is 12.1 Å². The van der Waals surface area contributed by atoms with E-state index in [0.29, 0.717) is 12.1 Å². The Morgan fingerprint density at radius 2 is 2.00 bits per heavy atom. The normalized spacial score (nSPS) is 10.5. The number of furan rings is 1. The van der Waals surface area contributed by atoms with E-state index in [0.717, 1.165) is 17.1 Å². The van der Waals surface area contributed by atoms with E-state index in [4.69, 9.17) is 4.42 Å². The average Bonchev–Trinajstić information content (AvgIpc) is 2.74. The molecule has 19 heavy (non-hydrogen) atoms. The molecule has 100 valence electrons. The van der Waals surface area contributed by atoms with Crippen molar-refractivity contribution in [1.82, 2.24) is 4.90 Å². The maximum absolute atomic E-state index is 12.2. The Bertz CT molecular complexity index is 601. The van der Waals surface area contributed by atoms with Crippen LogP contribution in [0.3, 0.4) is 0 Å². The second-order valence-electron chi connectivity index (χ2n) is 4.69. The van der Waals surface area contributed by atoms with E-state index in [-0.39, 0.29) is 11.7 Å². The maximum Gasteiger partial charge on any atom is 0.257 e. The van der Waals surface area contributed by atoms with E-state index in [2.05, 4.69) is 0 Å². The van der Waals surface area contributed by atoms with Gasteiger partial charge in [-0.25, -0.2) is 0 Å². The number of aryl methyl sites for hydroxylation is 2. The molecular weight excluding hydrogens is 242 g/mol. The molecule has 0 atom stereocenters. The molecule has 0 radical (unpaired) electrons. The number of hydrogen-bond acceptors (Lipinski definition) is 3. The number of aromatic hydroxyl groups is 1. The van der Waals surface area contributed by atoms with Gasteiger partial charge in [-0.05, 0) is 43.7 Å². The number of phenolic OH excluding ortho intramolecular Hbond substituents is 1. The molecule has 0 saturated heterocycles. The molecule has 0 bridgehead atoms. The summed E-state index contributed by atoms with van der Waals surface area (Å²) in [7, 11) is 1.68. The van der Waals surface area contributed by atoms with Gasteiger partial charge in [-0.15, -0.1) is 0 Å². The minimum absolute atomic E-state index is 0.00692. The van der Waals surface area contributed by atoms with Crippen molar-refractivity contribution in [3.8, 4) is 5.75 Å². The Morgan fingerprint density at radius 1 is 1.26 bits per heavy atom. The van der Waals surface area contributed by atoms with Crippen LogP contribution in [0.5, 0.6) is 5.75 Å². The van der Waals surface area contributed by atoms with Gasteiger partial charge < -0.3 is 14.4 Å². The van der Waals surface area contributed by atoms with Crippen molar-refractivity contribution in [2.24, 2.45) is 0 Å². The second-order valence-corrected chi connectivity index (χ2v) is 4.69. The van der Waals surface area contributed by atoms with E-state index in [1.54, 1.807) is 25.2 Å². The Balaban J connectivity index is 2.14. The summed E-state index contributed by atoms with van der Waals surface area (Å²) >= 11 is 0. The topological polar surface area (TPSA) is 53.7 Å². The van der Waals surface area contributed by atoms with Gasteiger partial charge in [0.1, 0.15) is 17.3 Å². The summed E-state index contributed by atoms with van der Waals surface area (Å²) in [6.45, 7) is 4.10. The van der Waals surface area contributed by atoms with Crippen molar-refractivity contribution in [3.05, 3.63) is 53.0 Å². The molecule has 2 aromatic rings. The third kappa shape index (κ3) is 2.96. The molecule has 1 aromatic carbocycles. The summed E-state index contributed by atoms with van der Waals surface area (Å²) in [6, 6.07) is 8.72. The van der Waals surface area contributed by atoms with Gasteiger partial charge in [-0.3, -0.25) is 4.79 Å². The van der Waals surface area contributed by atoms with Crippen LogP contribution in [0.15, 0.2) is 34.7 Å². The van der Waals surface area contributed by atoms with Crippen LogP contribution in [0.2, 0.25) is 0 Å². The van der Waals surface area contributed by atoms with Gasteiger partial charge in [-0.2, -0.15) is 0 Å². The molecule has 1 aromatic heterocycles. The molecule has 0 saturated carbocycles. The standard InChI is InChI=1S/C15H17NO3/c1-10-4-7-13(14(17)8-10)15(18)16(3)9-12-6-5-11(2)19-12/h4-8,17H,9H2,1-3H3. The minimum Gasteiger partial charge on any atom is -0.507 e. The lowest BCUT2D eigenvalue weighted by atomic mass is 10.1. The lowest BCUT2D eigenvalue weighted by Crippen LogP contribution is -2.26. The summed E-state index contributed by atoms with van der Waals surface area (Å²) in [6.07, 6.45) is 0. The smallest absolute Gasteiger partial charge is 0.257 e. The number of carbonyl (C=O) groups excluding carboxylic acids is 1. The van der Waals surface area contributed by atoms with Crippen LogP contribution in [0.4, 0.5) is 0 Å². The number of rotatable bonds is 3. The predicted molar refractivity (Wildman–Crippen MR) is 72.1 cm³/mol. The van der Waals surface area contributed by atoms with Gasteiger partial charge >= 0.3 is 0 Å². The number of benzene rings is 1. The Labute approximate surface area is 112 Å². The van der Waals surface area contributed by atoms with Gasteiger partial charge in [0.25, 0.3) is 5.91 Å². The zero-order valence-electron chi connectivity index (χ0n) is 11.3. The number of phenols is 1. The van der Waals surface area contributed by atoms with Crippen molar-refractivity contribution in [3.63, 3.8) is 0 Å². The second kappa shape index (κ2) is 5.18. The summed E-state index contributed by atoms with van der Waals surface area (Å²) in [5, 5.41) is 9.81. The van der Waals surface area contributed by atoms with Gasteiger partial charge in [-0.1, -0.05) is 6.07 Å². The predicted octanol–water partition coefficient (Wildman–Crippen LogP) is 2.87. The Morgan fingerprint density at radius 3 is 2.58 bits per heavy atom. The fourth-order valence-corrected chi connectivity index (χ4v) is 1.90. The van der Waals surface area contributed by atoms with Crippen LogP contribution in [-0.4, -0.2) is 23.0 Å². The lowest BCUT2D eigenvalue weighted by Gasteiger charge is -2.16. The zero-order chi connectivity index (χ0) is 14.0. The SMILES string of the molecule is Cc1ccc(C(=O)N(C)Cc2ccc(C)o2)c(O)c1. The summed E-state index contributed by atoms with van der Waals surface area (Å²) in [4.78, 5) is 13.7. The van der Waals surface area contributed by atoms with Gasteiger partial charge in [0.2, 0.25) is 0 Å². The minimum atomic E-state index is -0.230. The third-order valence-electron chi connectivity index (χ3n) is 2.92. The maximum atomic E-state index is 12.2. The fraction of sp³-hybridized carbons (Fsp3) is 0.267. The zero-order valence-corrected chi connectivity index (χ0v) is 11.3. The molecule has 0 fully saturated rings. The van der Waals surface area contributed by atoms with E-state index >= 15 is 0 Å². The highest BCUT2D eigenvalue weighted by Gasteiger charge is 2.16. The summed E-state index contributed by atoms with van der Waals surface area (Å²) < 4.78 is 5.43. The molecule has 2 rings (SSSR count). The molecule has 0 aliphatic rings. The van der Waals surface area contributed by atoms with Gasteiger partial charge in [0, 0.05) is 7.05 Å². The lowest BCUT2D eigenvalue weighted by molar-refractivity contribution is 0.0772. The summed E-state index contributed by atoms with van der Waals surface area (Å²) in [5.41, 5.74) is 1.22. The Hall–Kier alpha value is -2.23. The molecule has 4 heteroatoms. The van der Waals surface area contributed by atoms with Crippen molar-refractivity contribution in [2.75, 3.05) is 7.05 Å². The fourth-order valence-electron chi connectivity index (χ4n) is 1.90. The van der Waals surface area contributed by atoms with Gasteiger partial charge in [0.15, 0.2) is 0 Å². The van der Waals surface area contributed by atoms with Crippen molar-refractivity contribution in [1.29, 1.82) is 0 Å². The summed E-state index contributed by atoms with van der Waals surface area (Å²) in [5.74, 6) is 1.31. The quantitative estimate of drug-likeness (QED) is 0.922. The van der Waals surface area contributed by atoms with Crippen LogP contribution in [0.1, 0.15) is 27.4 Å². The molecule has 1 N–H and O–H groups in total. The number of hydrogen-bond donors (Lipinski definition) is 1. The van der Waals surface area contributed by atoms with E-state index in [1.165, 1.54) is 4.90 Å². The molecule has 1 heterocycles. The van der Waals surface area contributed by atoms with Crippen molar-refractivity contribution >= 4 is 5.91 Å². The molecule has 4 nitrogen and oxygen atoms in total. The van der Waals surface area contributed by atoms with Crippen LogP contribution in [0.25, 0.3) is 0 Å². The highest BCUT2D eigenvalue weighted by Crippen LogP contribution is 2.20. The number of carbonyl (C=O) groups is 1. The van der Waals surface area contributed by atoms with Crippen LogP contribution in [-0.2, 0) is 6.54 Å². The van der Waals surface area contributed by atoms with Crippen LogP contribution < -0.4 is 0 Å². The van der Waals surface area contributed by atoms with E-state index in [9.17, 15) is 9.90 Å². The van der Waals surface area contributed by atoms with Crippen molar-refractivity contribution < 1.29 is 14.3 Å². The largest absolute Gasteiger partial charge is 0.507 e. The van der Waals surface area contributed by atoms with Crippen molar-refractivity contribution in [2.45, 2.75) is 20.4 Å². The van der Waals surface area contributed by atoms with Crippen LogP contribution in [0, 0.1) is 13.8 Å². The van der Waals surface area contributed by atoms with E-state index < -0.39 is 0 Å². The molecule has 0 unspecified atom stereocenters. The highest BCUT2D eigenvalue weighted by atomic mass is 16.3. The van der Waals surface area contributed by atoms with E-state index in [1.807, 2.05) is 26.0 Å². The highest BCUT2D eigenvalue weighted by molar-refractivity contribution is 5.96. The molecule has 0 spiro atoms. The van der Waals surface area contributed by atoms with Crippen LogP contribution >= 0.6 is 0 Å². The first kappa shape index (κ1) is 13.2. The third-order valence-corrected chi connectivity index (χ3v) is 2.92. The first-order valence-corrected chi connectivity index (χ1v) is 6.08.